The van der Waals surface area contributed by atoms with Gasteiger partial charge in [0, 0.05) is 29.0 Å². The highest BCUT2D eigenvalue weighted by Gasteiger charge is 2.03. The summed E-state index contributed by atoms with van der Waals surface area (Å²) in [7, 11) is 0. The number of aromatic nitrogens is 1. The number of amides is 1. The van der Waals surface area contributed by atoms with E-state index in [9.17, 15) is 4.79 Å². The van der Waals surface area contributed by atoms with Crippen LogP contribution in [0.3, 0.4) is 0 Å². The van der Waals surface area contributed by atoms with Gasteiger partial charge >= 0.3 is 0 Å². The summed E-state index contributed by atoms with van der Waals surface area (Å²) in [4.78, 5) is 15.6. The fraction of sp³-hybridized carbons (Fsp3) is 0.143. The van der Waals surface area contributed by atoms with Crippen LogP contribution in [0.1, 0.15) is 15.9 Å². The first-order valence-electron chi connectivity index (χ1n) is 5.68. The van der Waals surface area contributed by atoms with Gasteiger partial charge in [-0.25, -0.2) is 0 Å². The maximum Gasteiger partial charge on any atom is 0.251 e. The van der Waals surface area contributed by atoms with E-state index in [-0.39, 0.29) is 5.91 Å². The highest BCUT2D eigenvalue weighted by molar-refractivity contribution is 9.10. The summed E-state index contributed by atoms with van der Waals surface area (Å²) >= 11 is 3.43. The number of carbonyl (C=O) groups excluding carboxylic acids is 1. The van der Waals surface area contributed by atoms with E-state index in [1.807, 2.05) is 18.2 Å². The van der Waals surface area contributed by atoms with Crippen molar-refractivity contribution in [3.63, 3.8) is 0 Å². The Hall–Kier alpha value is -1.68. The second-order valence-electron chi connectivity index (χ2n) is 3.87. The van der Waals surface area contributed by atoms with Crippen molar-refractivity contribution in [1.29, 1.82) is 0 Å². The molecule has 0 bridgehead atoms. The smallest absolute Gasteiger partial charge is 0.251 e. The normalized spacial score (nSPS) is 10.1. The second-order valence-corrected chi connectivity index (χ2v) is 4.79. The summed E-state index contributed by atoms with van der Waals surface area (Å²) in [6, 6.07) is 11.5. The SMILES string of the molecule is O=C(NCCc1cccc(Br)c1)c1ccncc1. The fourth-order valence-electron chi connectivity index (χ4n) is 1.62. The van der Waals surface area contributed by atoms with E-state index in [1.165, 1.54) is 5.56 Å². The van der Waals surface area contributed by atoms with Crippen LogP contribution >= 0.6 is 15.9 Å². The van der Waals surface area contributed by atoms with E-state index in [0.717, 1.165) is 10.9 Å². The molecule has 1 aromatic heterocycles. The quantitative estimate of drug-likeness (QED) is 0.944. The maximum atomic E-state index is 11.8. The highest BCUT2D eigenvalue weighted by Crippen LogP contribution is 2.11. The lowest BCUT2D eigenvalue weighted by molar-refractivity contribution is 0.0954. The Morgan fingerprint density at radius 1 is 1.22 bits per heavy atom. The first-order valence-corrected chi connectivity index (χ1v) is 6.47. The van der Waals surface area contributed by atoms with E-state index in [4.69, 9.17) is 0 Å². The van der Waals surface area contributed by atoms with Crippen LogP contribution in [0.4, 0.5) is 0 Å². The summed E-state index contributed by atoms with van der Waals surface area (Å²) < 4.78 is 1.06. The zero-order valence-electron chi connectivity index (χ0n) is 9.77. The molecule has 0 atom stereocenters. The van der Waals surface area contributed by atoms with Gasteiger partial charge in [0.1, 0.15) is 0 Å². The molecule has 0 spiro atoms. The summed E-state index contributed by atoms with van der Waals surface area (Å²) in [5.74, 6) is -0.0626. The van der Waals surface area contributed by atoms with Crippen LogP contribution in [0, 0.1) is 0 Å². The van der Waals surface area contributed by atoms with Crippen molar-refractivity contribution < 1.29 is 4.79 Å². The van der Waals surface area contributed by atoms with Crippen molar-refractivity contribution >= 4 is 21.8 Å². The van der Waals surface area contributed by atoms with Crippen LogP contribution in [0.25, 0.3) is 0 Å². The van der Waals surface area contributed by atoms with Crippen LogP contribution < -0.4 is 5.32 Å². The number of benzene rings is 1. The van der Waals surface area contributed by atoms with Crippen molar-refractivity contribution in [2.24, 2.45) is 0 Å². The van der Waals surface area contributed by atoms with Crippen LogP contribution in [0.15, 0.2) is 53.3 Å². The van der Waals surface area contributed by atoms with E-state index >= 15 is 0 Å². The number of hydrogen-bond acceptors (Lipinski definition) is 2. The van der Waals surface area contributed by atoms with Gasteiger partial charge in [0.15, 0.2) is 0 Å². The first-order chi connectivity index (χ1) is 8.75. The molecule has 0 aliphatic rings. The van der Waals surface area contributed by atoms with Crippen LogP contribution in [0.5, 0.6) is 0 Å². The molecule has 1 amide bonds. The lowest BCUT2D eigenvalue weighted by Gasteiger charge is -2.05. The first kappa shape index (κ1) is 12.8. The zero-order chi connectivity index (χ0) is 12.8. The minimum Gasteiger partial charge on any atom is -0.352 e. The number of nitrogens with one attached hydrogen (secondary N) is 1. The summed E-state index contributed by atoms with van der Waals surface area (Å²) in [5.41, 5.74) is 1.83. The Bertz CT molecular complexity index is 528. The van der Waals surface area contributed by atoms with Crippen molar-refractivity contribution in [3.05, 3.63) is 64.4 Å². The number of pyridine rings is 1. The topological polar surface area (TPSA) is 42.0 Å². The van der Waals surface area contributed by atoms with Crippen LogP contribution in [-0.4, -0.2) is 17.4 Å². The van der Waals surface area contributed by atoms with Crippen molar-refractivity contribution in [1.82, 2.24) is 10.3 Å². The Labute approximate surface area is 114 Å². The largest absolute Gasteiger partial charge is 0.352 e. The van der Waals surface area contributed by atoms with E-state index < -0.39 is 0 Å². The van der Waals surface area contributed by atoms with Gasteiger partial charge in [-0.05, 0) is 36.2 Å². The Morgan fingerprint density at radius 2 is 2.00 bits per heavy atom. The molecule has 1 aromatic carbocycles. The molecule has 0 saturated carbocycles. The third-order valence-electron chi connectivity index (χ3n) is 2.53. The molecule has 2 rings (SSSR count). The van der Waals surface area contributed by atoms with Crippen LogP contribution in [0.2, 0.25) is 0 Å². The van der Waals surface area contributed by atoms with Crippen molar-refractivity contribution in [2.45, 2.75) is 6.42 Å². The summed E-state index contributed by atoms with van der Waals surface area (Å²) in [6.45, 7) is 0.623. The van der Waals surface area contributed by atoms with Gasteiger partial charge in [0.05, 0.1) is 0 Å². The average Bonchev–Trinajstić information content (AvgIpc) is 2.40. The molecule has 0 radical (unpaired) electrons. The molecule has 92 valence electrons. The lowest BCUT2D eigenvalue weighted by atomic mass is 10.1. The minimum atomic E-state index is -0.0626. The van der Waals surface area contributed by atoms with E-state index in [1.54, 1.807) is 24.5 Å². The molecule has 18 heavy (non-hydrogen) atoms. The third kappa shape index (κ3) is 3.67. The molecule has 0 aliphatic heterocycles. The number of halogens is 1. The molecule has 0 unspecified atom stereocenters. The standard InChI is InChI=1S/C14H13BrN2O/c15-13-3-1-2-11(10-13)4-9-17-14(18)12-5-7-16-8-6-12/h1-3,5-8,10H,4,9H2,(H,17,18). The second kappa shape index (κ2) is 6.31. The predicted octanol–water partition coefficient (Wildman–Crippen LogP) is 2.82. The van der Waals surface area contributed by atoms with Gasteiger partial charge < -0.3 is 5.32 Å². The molecular formula is C14H13BrN2O. The Kier molecular flexibility index (Phi) is 4.47. The Morgan fingerprint density at radius 3 is 2.72 bits per heavy atom. The molecule has 2 aromatic rings. The highest BCUT2D eigenvalue weighted by atomic mass is 79.9. The van der Waals surface area contributed by atoms with Gasteiger partial charge in [-0.15, -0.1) is 0 Å². The van der Waals surface area contributed by atoms with Gasteiger partial charge in [-0.1, -0.05) is 28.1 Å². The van der Waals surface area contributed by atoms with E-state index in [0.29, 0.717) is 12.1 Å². The molecule has 0 aliphatic carbocycles. The van der Waals surface area contributed by atoms with Crippen LogP contribution in [-0.2, 0) is 6.42 Å². The summed E-state index contributed by atoms with van der Waals surface area (Å²) in [5, 5.41) is 2.88. The molecule has 3 nitrogen and oxygen atoms in total. The maximum absolute atomic E-state index is 11.8. The number of hydrogen-bond donors (Lipinski definition) is 1. The zero-order valence-corrected chi connectivity index (χ0v) is 11.4. The van der Waals surface area contributed by atoms with Gasteiger partial charge in [-0.2, -0.15) is 0 Å². The monoisotopic (exact) mass is 304 g/mol. The van der Waals surface area contributed by atoms with Crippen molar-refractivity contribution in [2.75, 3.05) is 6.54 Å². The molecule has 0 fully saturated rings. The van der Waals surface area contributed by atoms with Crippen molar-refractivity contribution in [3.8, 4) is 0 Å². The lowest BCUT2D eigenvalue weighted by Crippen LogP contribution is -2.25. The molecular weight excluding hydrogens is 292 g/mol. The fourth-order valence-corrected chi connectivity index (χ4v) is 2.06. The molecule has 0 saturated heterocycles. The summed E-state index contributed by atoms with van der Waals surface area (Å²) in [6.07, 6.45) is 4.04. The molecule has 1 N–H and O–H groups in total. The average molecular weight is 305 g/mol. The third-order valence-corrected chi connectivity index (χ3v) is 3.02. The van der Waals surface area contributed by atoms with Gasteiger partial charge in [-0.3, -0.25) is 9.78 Å². The number of rotatable bonds is 4. The Balaban J connectivity index is 1.84. The minimum absolute atomic E-state index is 0.0626. The number of nitrogens with zero attached hydrogens (tertiary/aromatic N) is 1. The van der Waals surface area contributed by atoms with E-state index in [2.05, 4.69) is 32.3 Å². The van der Waals surface area contributed by atoms with Gasteiger partial charge in [0.2, 0.25) is 0 Å². The molecule has 4 heteroatoms. The predicted molar refractivity (Wildman–Crippen MR) is 74.4 cm³/mol. The number of carbonyl (C=O) groups is 1. The molecule has 1 heterocycles. The van der Waals surface area contributed by atoms with Gasteiger partial charge in [0.25, 0.3) is 5.91 Å².